The van der Waals surface area contributed by atoms with E-state index in [0.29, 0.717) is 12.5 Å². The molecule has 1 heterocycles. The Morgan fingerprint density at radius 2 is 2.36 bits per heavy atom. The second-order valence-corrected chi connectivity index (χ2v) is 3.74. The molecular formula is C10H17N3O. The summed E-state index contributed by atoms with van der Waals surface area (Å²) in [6.07, 6.45) is 4.48. The Hall–Kier alpha value is -1.32. The van der Waals surface area contributed by atoms with Crippen molar-refractivity contribution in [3.63, 3.8) is 0 Å². The van der Waals surface area contributed by atoms with Crippen LogP contribution in [0.2, 0.25) is 0 Å². The van der Waals surface area contributed by atoms with Crippen molar-refractivity contribution in [3.8, 4) is 0 Å². The van der Waals surface area contributed by atoms with Crippen LogP contribution in [0.3, 0.4) is 0 Å². The Balaban J connectivity index is 2.67. The second-order valence-electron chi connectivity index (χ2n) is 3.74. The van der Waals surface area contributed by atoms with E-state index in [0.717, 1.165) is 12.2 Å². The summed E-state index contributed by atoms with van der Waals surface area (Å²) in [4.78, 5) is 15.4. The smallest absolute Gasteiger partial charge is 0.239 e. The molecule has 0 radical (unpaired) electrons. The minimum absolute atomic E-state index is 0.00741. The Bertz CT molecular complexity index is 304. The molecule has 0 spiro atoms. The highest BCUT2D eigenvalue weighted by Crippen LogP contribution is 2.05. The quantitative estimate of drug-likeness (QED) is 0.773. The van der Waals surface area contributed by atoms with Crippen molar-refractivity contribution < 1.29 is 4.79 Å². The number of imidazole rings is 1. The van der Waals surface area contributed by atoms with Crippen molar-refractivity contribution in [2.24, 2.45) is 5.92 Å². The van der Waals surface area contributed by atoms with E-state index in [2.05, 4.69) is 24.1 Å². The molecule has 0 saturated carbocycles. The molecule has 0 aliphatic heterocycles. The third kappa shape index (κ3) is 2.87. The van der Waals surface area contributed by atoms with Gasteiger partial charge in [0.1, 0.15) is 12.4 Å². The van der Waals surface area contributed by atoms with Gasteiger partial charge in [0.2, 0.25) is 5.91 Å². The molecule has 0 aliphatic rings. The molecule has 1 N–H and O–H groups in total. The van der Waals surface area contributed by atoms with Gasteiger partial charge in [-0.15, -0.1) is 0 Å². The number of nitrogens with zero attached hydrogens (tertiary/aromatic N) is 2. The SMILES string of the molecule is CNC(=O)Cn1ccnc1CC(C)C. The summed E-state index contributed by atoms with van der Waals surface area (Å²) < 4.78 is 1.89. The van der Waals surface area contributed by atoms with Crippen molar-refractivity contribution in [2.75, 3.05) is 7.05 Å². The van der Waals surface area contributed by atoms with Crippen LogP contribution in [0.4, 0.5) is 0 Å². The van der Waals surface area contributed by atoms with Gasteiger partial charge < -0.3 is 9.88 Å². The third-order valence-corrected chi connectivity index (χ3v) is 1.99. The average Bonchev–Trinajstić information content (AvgIpc) is 2.52. The van der Waals surface area contributed by atoms with Crippen LogP contribution in [-0.4, -0.2) is 22.5 Å². The van der Waals surface area contributed by atoms with E-state index >= 15 is 0 Å². The van der Waals surface area contributed by atoms with Gasteiger partial charge in [-0.25, -0.2) is 4.98 Å². The molecule has 0 aliphatic carbocycles. The van der Waals surface area contributed by atoms with Crippen LogP contribution in [0.1, 0.15) is 19.7 Å². The van der Waals surface area contributed by atoms with Crippen molar-refractivity contribution in [2.45, 2.75) is 26.8 Å². The predicted molar refractivity (Wildman–Crippen MR) is 54.8 cm³/mol. The van der Waals surface area contributed by atoms with Crippen molar-refractivity contribution in [3.05, 3.63) is 18.2 Å². The molecule has 0 bridgehead atoms. The van der Waals surface area contributed by atoms with Crippen LogP contribution >= 0.6 is 0 Å². The molecular weight excluding hydrogens is 178 g/mol. The summed E-state index contributed by atoms with van der Waals surface area (Å²) in [5.41, 5.74) is 0. The van der Waals surface area contributed by atoms with Gasteiger partial charge >= 0.3 is 0 Å². The lowest BCUT2D eigenvalue weighted by molar-refractivity contribution is -0.121. The molecule has 0 saturated heterocycles. The molecule has 4 heteroatoms. The summed E-state index contributed by atoms with van der Waals surface area (Å²) in [7, 11) is 1.64. The normalized spacial score (nSPS) is 10.6. The van der Waals surface area contributed by atoms with Gasteiger partial charge in [-0.3, -0.25) is 4.79 Å². The van der Waals surface area contributed by atoms with Gasteiger partial charge in [-0.05, 0) is 5.92 Å². The summed E-state index contributed by atoms with van der Waals surface area (Å²) in [5, 5.41) is 2.60. The van der Waals surface area contributed by atoms with Crippen LogP contribution in [0.5, 0.6) is 0 Å². The predicted octanol–water partition coefficient (Wildman–Crippen LogP) is 0.828. The number of hydrogen-bond acceptors (Lipinski definition) is 2. The first-order chi connectivity index (χ1) is 6.63. The monoisotopic (exact) mass is 195 g/mol. The van der Waals surface area contributed by atoms with Gasteiger partial charge in [0, 0.05) is 25.9 Å². The molecule has 0 fully saturated rings. The van der Waals surface area contributed by atoms with E-state index in [4.69, 9.17) is 0 Å². The molecule has 0 unspecified atom stereocenters. The lowest BCUT2D eigenvalue weighted by atomic mass is 10.1. The zero-order chi connectivity index (χ0) is 10.6. The van der Waals surface area contributed by atoms with Crippen molar-refractivity contribution >= 4 is 5.91 Å². The Labute approximate surface area is 84.3 Å². The van der Waals surface area contributed by atoms with E-state index in [1.165, 1.54) is 0 Å². The molecule has 4 nitrogen and oxygen atoms in total. The molecule has 1 aromatic rings. The van der Waals surface area contributed by atoms with Gasteiger partial charge in [0.05, 0.1) is 0 Å². The number of hydrogen-bond donors (Lipinski definition) is 1. The Kier molecular flexibility index (Phi) is 3.68. The number of carbonyl (C=O) groups is 1. The van der Waals surface area contributed by atoms with Gasteiger partial charge in [-0.2, -0.15) is 0 Å². The van der Waals surface area contributed by atoms with E-state index in [-0.39, 0.29) is 5.91 Å². The third-order valence-electron chi connectivity index (χ3n) is 1.99. The average molecular weight is 195 g/mol. The number of nitrogens with one attached hydrogen (secondary N) is 1. The topological polar surface area (TPSA) is 46.9 Å². The molecule has 14 heavy (non-hydrogen) atoms. The van der Waals surface area contributed by atoms with Crippen LogP contribution < -0.4 is 5.32 Å². The Morgan fingerprint density at radius 1 is 1.64 bits per heavy atom. The lowest BCUT2D eigenvalue weighted by Crippen LogP contribution is -2.24. The molecule has 78 valence electrons. The fourth-order valence-electron chi connectivity index (χ4n) is 1.27. The zero-order valence-electron chi connectivity index (χ0n) is 8.95. The number of rotatable bonds is 4. The molecule has 1 amide bonds. The standard InChI is InChI=1S/C10H17N3O/c1-8(2)6-9-12-4-5-13(9)7-10(14)11-3/h4-5,8H,6-7H2,1-3H3,(H,11,14). The first kappa shape index (κ1) is 10.8. The fraction of sp³-hybridized carbons (Fsp3) is 0.600. The highest BCUT2D eigenvalue weighted by molar-refractivity contribution is 5.75. The highest BCUT2D eigenvalue weighted by Gasteiger charge is 2.07. The van der Waals surface area contributed by atoms with Gasteiger partial charge in [0.25, 0.3) is 0 Å². The van der Waals surface area contributed by atoms with Crippen LogP contribution in [-0.2, 0) is 17.8 Å². The minimum Gasteiger partial charge on any atom is -0.358 e. The number of likely N-dealkylation sites (N-methyl/N-ethyl adjacent to an activating group) is 1. The first-order valence-electron chi connectivity index (χ1n) is 4.84. The maximum absolute atomic E-state index is 11.2. The van der Waals surface area contributed by atoms with Crippen LogP contribution in [0.15, 0.2) is 12.4 Å². The maximum Gasteiger partial charge on any atom is 0.239 e. The molecule has 1 aromatic heterocycles. The van der Waals surface area contributed by atoms with E-state index in [1.54, 1.807) is 13.2 Å². The van der Waals surface area contributed by atoms with E-state index < -0.39 is 0 Å². The number of carbonyl (C=O) groups excluding carboxylic acids is 1. The van der Waals surface area contributed by atoms with Crippen molar-refractivity contribution in [1.82, 2.24) is 14.9 Å². The van der Waals surface area contributed by atoms with E-state index in [1.807, 2.05) is 10.8 Å². The minimum atomic E-state index is 0.00741. The number of aromatic nitrogens is 2. The van der Waals surface area contributed by atoms with E-state index in [9.17, 15) is 4.79 Å². The van der Waals surface area contributed by atoms with Crippen LogP contribution in [0, 0.1) is 5.92 Å². The summed E-state index contributed by atoms with van der Waals surface area (Å²) in [5.74, 6) is 1.54. The second kappa shape index (κ2) is 4.79. The number of amides is 1. The van der Waals surface area contributed by atoms with Gasteiger partial charge in [0.15, 0.2) is 0 Å². The van der Waals surface area contributed by atoms with Crippen LogP contribution in [0.25, 0.3) is 0 Å². The summed E-state index contributed by atoms with van der Waals surface area (Å²) in [6, 6.07) is 0. The maximum atomic E-state index is 11.2. The molecule has 1 rings (SSSR count). The zero-order valence-corrected chi connectivity index (χ0v) is 8.95. The first-order valence-corrected chi connectivity index (χ1v) is 4.84. The Morgan fingerprint density at radius 3 is 2.93 bits per heavy atom. The molecule has 0 atom stereocenters. The van der Waals surface area contributed by atoms with Crippen molar-refractivity contribution in [1.29, 1.82) is 0 Å². The van der Waals surface area contributed by atoms with Gasteiger partial charge in [-0.1, -0.05) is 13.8 Å². The molecule has 0 aromatic carbocycles. The fourth-order valence-corrected chi connectivity index (χ4v) is 1.27. The highest BCUT2D eigenvalue weighted by atomic mass is 16.1. The summed E-state index contributed by atoms with van der Waals surface area (Å²) >= 11 is 0. The largest absolute Gasteiger partial charge is 0.358 e. The lowest BCUT2D eigenvalue weighted by Gasteiger charge is -2.08. The summed E-state index contributed by atoms with van der Waals surface area (Å²) in [6.45, 7) is 4.64.